The van der Waals surface area contributed by atoms with Crippen LogP contribution in [-0.4, -0.2) is 5.78 Å². The van der Waals surface area contributed by atoms with Crippen LogP contribution >= 0.6 is 22.7 Å². The van der Waals surface area contributed by atoms with Gasteiger partial charge in [-0.3, -0.25) is 4.79 Å². The van der Waals surface area contributed by atoms with Crippen molar-refractivity contribution in [2.45, 2.75) is 26.7 Å². The molecule has 2 aromatic heterocycles. The van der Waals surface area contributed by atoms with Crippen LogP contribution in [0.4, 0.5) is 0 Å². The Kier molecular flexibility index (Phi) is 3.72. The molecule has 0 N–H and O–H groups in total. The normalized spacial score (nSPS) is 19.4. The molecule has 0 aromatic carbocycles. The monoisotopic (exact) mass is 300 g/mol. The van der Waals surface area contributed by atoms with Crippen molar-refractivity contribution in [2.24, 2.45) is 0 Å². The van der Waals surface area contributed by atoms with Crippen molar-refractivity contribution in [3.8, 4) is 0 Å². The number of aryl methyl sites for hydroxylation is 2. The van der Waals surface area contributed by atoms with Crippen molar-refractivity contribution in [2.75, 3.05) is 0 Å². The standard InChI is InChI=1S/C17H16OS2/c1-11-5-7-19-15(11)9-13-3-4-14(17(13)18)10-16-12(2)6-8-20-16/h5-10H,3-4H2,1-2H3. The Morgan fingerprint density at radius 3 is 1.70 bits per heavy atom. The first-order valence-electron chi connectivity index (χ1n) is 6.69. The summed E-state index contributed by atoms with van der Waals surface area (Å²) in [5.41, 5.74) is 4.41. The highest BCUT2D eigenvalue weighted by atomic mass is 32.1. The fraction of sp³-hybridized carbons (Fsp3) is 0.235. The third-order valence-corrected chi connectivity index (χ3v) is 5.59. The van der Waals surface area contributed by atoms with Gasteiger partial charge >= 0.3 is 0 Å². The second-order valence-electron chi connectivity index (χ2n) is 5.10. The molecule has 1 nitrogen and oxygen atoms in total. The van der Waals surface area contributed by atoms with E-state index in [9.17, 15) is 4.79 Å². The van der Waals surface area contributed by atoms with Gasteiger partial charge in [0.25, 0.3) is 0 Å². The number of ketones is 1. The van der Waals surface area contributed by atoms with Crippen molar-refractivity contribution < 1.29 is 4.79 Å². The van der Waals surface area contributed by atoms with Crippen LogP contribution in [0.2, 0.25) is 0 Å². The summed E-state index contributed by atoms with van der Waals surface area (Å²) in [5.74, 6) is 0.227. The molecular formula is C17H16OS2. The Labute approximate surface area is 127 Å². The molecule has 2 aromatic rings. The van der Waals surface area contributed by atoms with Gasteiger partial charge in [0.1, 0.15) is 0 Å². The zero-order valence-corrected chi connectivity index (χ0v) is 13.2. The molecule has 0 unspecified atom stereocenters. The van der Waals surface area contributed by atoms with Crippen LogP contribution in [0.1, 0.15) is 33.7 Å². The molecule has 2 heterocycles. The van der Waals surface area contributed by atoms with Gasteiger partial charge in [-0.2, -0.15) is 0 Å². The van der Waals surface area contributed by atoms with Gasteiger partial charge in [-0.05, 0) is 72.9 Å². The summed E-state index contributed by atoms with van der Waals surface area (Å²) in [6, 6.07) is 4.20. The zero-order chi connectivity index (χ0) is 14.1. The second kappa shape index (κ2) is 5.51. The largest absolute Gasteiger partial charge is 0.289 e. The molecule has 102 valence electrons. The molecule has 3 rings (SSSR count). The summed E-state index contributed by atoms with van der Waals surface area (Å²) < 4.78 is 0. The van der Waals surface area contributed by atoms with E-state index in [1.54, 1.807) is 22.7 Å². The van der Waals surface area contributed by atoms with Gasteiger partial charge in [0, 0.05) is 20.9 Å². The maximum atomic E-state index is 12.5. The molecular weight excluding hydrogens is 284 g/mol. The van der Waals surface area contributed by atoms with Gasteiger partial charge in [-0.1, -0.05) is 0 Å². The van der Waals surface area contributed by atoms with Crippen LogP contribution in [-0.2, 0) is 4.79 Å². The van der Waals surface area contributed by atoms with Crippen molar-refractivity contribution in [1.29, 1.82) is 0 Å². The number of rotatable bonds is 2. The van der Waals surface area contributed by atoms with Crippen LogP contribution in [0.3, 0.4) is 0 Å². The molecule has 0 atom stereocenters. The fourth-order valence-electron chi connectivity index (χ4n) is 2.36. The van der Waals surface area contributed by atoms with Gasteiger partial charge < -0.3 is 0 Å². The van der Waals surface area contributed by atoms with Gasteiger partial charge in [-0.15, -0.1) is 22.7 Å². The zero-order valence-electron chi connectivity index (χ0n) is 11.6. The first-order valence-corrected chi connectivity index (χ1v) is 8.45. The highest BCUT2D eigenvalue weighted by Gasteiger charge is 2.23. The topological polar surface area (TPSA) is 17.1 Å². The van der Waals surface area contributed by atoms with Crippen molar-refractivity contribution >= 4 is 40.6 Å². The number of carbonyl (C=O) groups excluding carboxylic acids is 1. The van der Waals surface area contributed by atoms with Crippen LogP contribution in [0.15, 0.2) is 34.0 Å². The van der Waals surface area contributed by atoms with Gasteiger partial charge in [0.2, 0.25) is 0 Å². The number of allylic oxidation sites excluding steroid dienone is 2. The molecule has 0 saturated heterocycles. The lowest BCUT2D eigenvalue weighted by Crippen LogP contribution is -1.95. The number of hydrogen-bond acceptors (Lipinski definition) is 3. The van der Waals surface area contributed by atoms with E-state index >= 15 is 0 Å². The molecule has 0 aliphatic heterocycles. The van der Waals surface area contributed by atoms with E-state index in [2.05, 4.69) is 48.9 Å². The number of hydrogen-bond donors (Lipinski definition) is 0. The first-order chi connectivity index (χ1) is 9.65. The highest BCUT2D eigenvalue weighted by molar-refractivity contribution is 7.11. The van der Waals surface area contributed by atoms with Crippen molar-refractivity contribution in [3.05, 3.63) is 54.9 Å². The quantitative estimate of drug-likeness (QED) is 0.692. The summed E-state index contributed by atoms with van der Waals surface area (Å²) in [5, 5.41) is 4.15. The van der Waals surface area contributed by atoms with Crippen LogP contribution in [0.5, 0.6) is 0 Å². The third kappa shape index (κ3) is 2.56. The fourth-order valence-corrected chi connectivity index (χ4v) is 4.13. The Bertz CT molecular complexity index is 653. The van der Waals surface area contributed by atoms with Crippen LogP contribution in [0, 0.1) is 13.8 Å². The van der Waals surface area contributed by atoms with E-state index in [0.717, 1.165) is 24.0 Å². The lowest BCUT2D eigenvalue weighted by atomic mass is 10.1. The summed E-state index contributed by atoms with van der Waals surface area (Å²) in [6.45, 7) is 4.18. The lowest BCUT2D eigenvalue weighted by molar-refractivity contribution is -0.111. The Morgan fingerprint density at radius 2 is 1.35 bits per heavy atom. The van der Waals surface area contributed by atoms with E-state index in [-0.39, 0.29) is 5.78 Å². The van der Waals surface area contributed by atoms with Crippen molar-refractivity contribution in [1.82, 2.24) is 0 Å². The molecule has 3 heteroatoms. The van der Waals surface area contributed by atoms with Gasteiger partial charge in [0.05, 0.1) is 0 Å². The minimum Gasteiger partial charge on any atom is -0.289 e. The molecule has 0 radical (unpaired) electrons. The predicted molar refractivity (Wildman–Crippen MR) is 88.3 cm³/mol. The van der Waals surface area contributed by atoms with E-state index in [0.29, 0.717) is 0 Å². The van der Waals surface area contributed by atoms with Crippen molar-refractivity contribution in [3.63, 3.8) is 0 Å². The summed E-state index contributed by atoms with van der Waals surface area (Å²) in [7, 11) is 0. The van der Waals surface area contributed by atoms with E-state index in [1.165, 1.54) is 20.9 Å². The maximum absolute atomic E-state index is 12.5. The SMILES string of the molecule is Cc1ccsc1C=C1CCC(=Cc2sccc2C)C1=O. The molecule has 0 bridgehead atoms. The van der Waals surface area contributed by atoms with E-state index in [4.69, 9.17) is 0 Å². The minimum atomic E-state index is 0.227. The predicted octanol–water partition coefficient (Wildman–Crippen LogP) is 5.26. The number of carbonyl (C=O) groups is 1. The lowest BCUT2D eigenvalue weighted by Gasteiger charge is -1.96. The summed E-state index contributed by atoms with van der Waals surface area (Å²) in [6.07, 6.45) is 5.88. The molecule has 1 fully saturated rings. The van der Waals surface area contributed by atoms with Gasteiger partial charge in [-0.25, -0.2) is 0 Å². The summed E-state index contributed by atoms with van der Waals surface area (Å²) in [4.78, 5) is 14.9. The number of thiophene rings is 2. The van der Waals surface area contributed by atoms with Gasteiger partial charge in [0.15, 0.2) is 5.78 Å². The molecule has 1 saturated carbocycles. The average molecular weight is 300 g/mol. The van der Waals surface area contributed by atoms with E-state index < -0.39 is 0 Å². The first kappa shape index (κ1) is 13.5. The second-order valence-corrected chi connectivity index (χ2v) is 7.00. The van der Waals surface area contributed by atoms with Crippen LogP contribution < -0.4 is 0 Å². The molecule has 1 aliphatic rings. The third-order valence-electron chi connectivity index (χ3n) is 3.66. The van der Waals surface area contributed by atoms with E-state index in [1.807, 2.05) is 0 Å². The highest BCUT2D eigenvalue weighted by Crippen LogP contribution is 2.32. The molecule has 0 spiro atoms. The Morgan fingerprint density at radius 1 is 0.900 bits per heavy atom. The minimum absolute atomic E-state index is 0.227. The molecule has 20 heavy (non-hydrogen) atoms. The molecule has 0 amide bonds. The Hall–Kier alpha value is -1.45. The maximum Gasteiger partial charge on any atom is 0.185 e. The Balaban J connectivity index is 1.88. The summed E-state index contributed by atoms with van der Waals surface area (Å²) >= 11 is 3.40. The average Bonchev–Trinajstić information content (AvgIpc) is 3.09. The number of Topliss-reactive ketones (excluding diaryl/α,β-unsaturated/α-hetero) is 1. The molecule has 1 aliphatic carbocycles. The van der Waals surface area contributed by atoms with Crippen LogP contribution in [0.25, 0.3) is 12.2 Å². The smallest absolute Gasteiger partial charge is 0.185 e.